The van der Waals surface area contributed by atoms with E-state index in [1.54, 1.807) is 13.1 Å². The lowest BCUT2D eigenvalue weighted by Crippen LogP contribution is -2.44. The number of Topliss-reactive ketones (excluding diaryl/α,β-unsaturated/α-hetero) is 1. The molecule has 1 aromatic heterocycles. The van der Waals surface area contributed by atoms with E-state index in [4.69, 9.17) is 4.74 Å². The van der Waals surface area contributed by atoms with Crippen LogP contribution in [0.15, 0.2) is 24.4 Å². The van der Waals surface area contributed by atoms with Gasteiger partial charge in [0.05, 0.1) is 12.3 Å². The molecule has 0 saturated heterocycles. The Hall–Kier alpha value is -1.56. The second kappa shape index (κ2) is 9.46. The fourth-order valence-electron chi connectivity index (χ4n) is 1.98. The molecule has 0 aliphatic carbocycles. The van der Waals surface area contributed by atoms with Crippen molar-refractivity contribution in [3.63, 3.8) is 0 Å². The summed E-state index contributed by atoms with van der Waals surface area (Å²) in [6.45, 7) is 3.97. The lowest BCUT2D eigenvalue weighted by atomic mass is 10.0. The first-order valence-electron chi connectivity index (χ1n) is 7.45. The molecule has 1 N–H and O–H groups in total. The molecule has 0 spiro atoms. The van der Waals surface area contributed by atoms with E-state index in [9.17, 15) is 9.59 Å². The number of rotatable bonds is 9. The fraction of sp³-hybridized carbons (Fsp3) is 0.562. The normalized spacial score (nSPS) is 13.2. The number of ether oxygens (including phenoxy) is 1. The van der Waals surface area contributed by atoms with Gasteiger partial charge in [-0.1, -0.05) is 19.4 Å². The average molecular weight is 324 g/mol. The lowest BCUT2D eigenvalue weighted by Gasteiger charge is -2.32. The van der Waals surface area contributed by atoms with E-state index in [1.165, 1.54) is 11.8 Å². The number of nitrogens with one attached hydrogen (secondary N) is 1. The van der Waals surface area contributed by atoms with Gasteiger partial charge in [-0.25, -0.2) is 4.79 Å². The van der Waals surface area contributed by atoms with Gasteiger partial charge in [-0.15, -0.1) is 11.8 Å². The van der Waals surface area contributed by atoms with Gasteiger partial charge in [-0.2, -0.15) is 0 Å². The summed E-state index contributed by atoms with van der Waals surface area (Å²) in [7, 11) is 0. The van der Waals surface area contributed by atoms with Crippen LogP contribution in [0.5, 0.6) is 0 Å². The number of thioether (sulfide) groups is 1. The number of hydrogen-bond acceptors (Lipinski definition) is 5. The number of nitrogens with zero attached hydrogens (tertiary/aromatic N) is 1. The number of pyridine rings is 1. The second-order valence-corrected chi connectivity index (χ2v) is 6.17. The zero-order valence-electron chi connectivity index (χ0n) is 13.4. The first kappa shape index (κ1) is 18.5. The standard InChI is InChI=1S/C16H24N2O3S/c1-4-5-12-21-15(20)18-16(22-3,10-9-13(2)19)14-8-6-7-11-17-14/h6-8,11H,4-5,9-10,12H2,1-3H3,(H,18,20). The minimum absolute atomic E-state index is 0.0792. The molecule has 1 atom stereocenters. The molecule has 0 fully saturated rings. The van der Waals surface area contributed by atoms with Crippen LogP contribution in [0.4, 0.5) is 4.79 Å². The summed E-state index contributed by atoms with van der Waals surface area (Å²) in [4.78, 5) is 27.0. The Morgan fingerprint density at radius 2 is 2.18 bits per heavy atom. The van der Waals surface area contributed by atoms with E-state index < -0.39 is 11.0 Å². The number of ketones is 1. The Morgan fingerprint density at radius 3 is 2.73 bits per heavy atom. The molecule has 0 aliphatic rings. The number of alkyl carbamates (subject to hydrolysis) is 1. The molecule has 1 amide bonds. The van der Waals surface area contributed by atoms with Crippen LogP contribution in [0, 0.1) is 0 Å². The van der Waals surface area contributed by atoms with Gasteiger partial charge in [0.1, 0.15) is 10.7 Å². The number of hydrogen-bond donors (Lipinski definition) is 1. The third kappa shape index (κ3) is 5.67. The second-order valence-electron chi connectivity index (χ2n) is 5.06. The minimum atomic E-state index is -0.754. The molecule has 1 unspecified atom stereocenters. The number of carbonyl (C=O) groups excluding carboxylic acids is 2. The summed E-state index contributed by atoms with van der Waals surface area (Å²) in [6, 6.07) is 5.53. The highest BCUT2D eigenvalue weighted by Gasteiger charge is 2.35. The Bertz CT molecular complexity index is 482. The maximum atomic E-state index is 12.1. The first-order chi connectivity index (χ1) is 10.5. The van der Waals surface area contributed by atoms with Crippen molar-refractivity contribution in [2.24, 2.45) is 0 Å². The summed E-state index contributed by atoms with van der Waals surface area (Å²) in [5.41, 5.74) is 0.719. The van der Waals surface area contributed by atoms with Crippen molar-refractivity contribution >= 4 is 23.6 Å². The number of amides is 1. The zero-order valence-corrected chi connectivity index (χ0v) is 14.2. The molecule has 22 heavy (non-hydrogen) atoms. The van der Waals surface area contributed by atoms with E-state index in [0.29, 0.717) is 19.4 Å². The van der Waals surface area contributed by atoms with Crippen LogP contribution in [-0.2, 0) is 14.4 Å². The molecule has 122 valence electrons. The summed E-state index contributed by atoms with van der Waals surface area (Å²) in [5, 5.41) is 2.90. The van der Waals surface area contributed by atoms with Crippen LogP contribution in [0.2, 0.25) is 0 Å². The minimum Gasteiger partial charge on any atom is -0.450 e. The predicted octanol–water partition coefficient (Wildman–Crippen LogP) is 3.49. The van der Waals surface area contributed by atoms with Crippen molar-refractivity contribution in [3.8, 4) is 0 Å². The summed E-state index contributed by atoms with van der Waals surface area (Å²) < 4.78 is 5.19. The molecule has 6 heteroatoms. The molecule has 0 aliphatic heterocycles. The highest BCUT2D eigenvalue weighted by Crippen LogP contribution is 2.35. The molecular weight excluding hydrogens is 300 g/mol. The predicted molar refractivity (Wildman–Crippen MR) is 88.7 cm³/mol. The van der Waals surface area contributed by atoms with Gasteiger partial charge in [0, 0.05) is 12.6 Å². The van der Waals surface area contributed by atoms with Crippen molar-refractivity contribution in [1.29, 1.82) is 0 Å². The molecular formula is C16H24N2O3S. The average Bonchev–Trinajstić information content (AvgIpc) is 2.52. The van der Waals surface area contributed by atoms with Gasteiger partial charge in [-0.05, 0) is 38.2 Å². The van der Waals surface area contributed by atoms with E-state index in [2.05, 4.69) is 10.3 Å². The van der Waals surface area contributed by atoms with Crippen molar-refractivity contribution in [2.45, 2.75) is 44.4 Å². The lowest BCUT2D eigenvalue weighted by molar-refractivity contribution is -0.117. The molecule has 0 saturated carbocycles. The Balaban J connectivity index is 2.89. The summed E-state index contributed by atoms with van der Waals surface area (Å²) in [5.74, 6) is 0.0792. The monoisotopic (exact) mass is 324 g/mol. The maximum Gasteiger partial charge on any atom is 0.408 e. The number of aromatic nitrogens is 1. The van der Waals surface area contributed by atoms with Gasteiger partial charge in [0.15, 0.2) is 0 Å². The first-order valence-corrected chi connectivity index (χ1v) is 8.67. The molecule has 0 bridgehead atoms. The van der Waals surface area contributed by atoms with Gasteiger partial charge in [0.2, 0.25) is 0 Å². The largest absolute Gasteiger partial charge is 0.450 e. The zero-order chi connectivity index (χ0) is 16.4. The van der Waals surface area contributed by atoms with Crippen molar-refractivity contribution in [2.75, 3.05) is 12.9 Å². The summed E-state index contributed by atoms with van der Waals surface area (Å²) in [6.07, 6.45) is 5.73. The smallest absolute Gasteiger partial charge is 0.408 e. The van der Waals surface area contributed by atoms with Gasteiger partial charge in [-0.3, -0.25) is 4.98 Å². The quantitative estimate of drug-likeness (QED) is 0.556. The van der Waals surface area contributed by atoms with Crippen molar-refractivity contribution in [3.05, 3.63) is 30.1 Å². The molecule has 5 nitrogen and oxygen atoms in total. The topological polar surface area (TPSA) is 68.3 Å². The third-order valence-corrected chi connectivity index (χ3v) is 4.50. The third-order valence-electron chi connectivity index (χ3n) is 3.29. The highest BCUT2D eigenvalue weighted by molar-refractivity contribution is 7.99. The Morgan fingerprint density at radius 1 is 1.41 bits per heavy atom. The SMILES string of the molecule is CCCCOC(=O)NC(CCC(C)=O)(SC)c1ccccn1. The molecule has 1 heterocycles. The Kier molecular flexibility index (Phi) is 7.95. The summed E-state index contributed by atoms with van der Waals surface area (Å²) >= 11 is 1.45. The van der Waals surface area contributed by atoms with E-state index in [-0.39, 0.29) is 5.78 Å². The van der Waals surface area contributed by atoms with Crippen LogP contribution in [0.3, 0.4) is 0 Å². The van der Waals surface area contributed by atoms with Crippen LogP contribution in [-0.4, -0.2) is 29.7 Å². The maximum absolute atomic E-state index is 12.1. The van der Waals surface area contributed by atoms with E-state index in [0.717, 1.165) is 18.5 Å². The van der Waals surface area contributed by atoms with Crippen molar-refractivity contribution < 1.29 is 14.3 Å². The fourth-order valence-corrected chi connectivity index (χ4v) is 2.80. The molecule has 1 aromatic rings. The van der Waals surface area contributed by atoms with Gasteiger partial charge < -0.3 is 14.8 Å². The molecule has 0 radical (unpaired) electrons. The van der Waals surface area contributed by atoms with Crippen LogP contribution < -0.4 is 5.32 Å². The van der Waals surface area contributed by atoms with Crippen LogP contribution in [0.1, 0.15) is 45.2 Å². The van der Waals surface area contributed by atoms with Crippen LogP contribution in [0.25, 0.3) is 0 Å². The number of carbonyl (C=O) groups is 2. The molecule has 0 aromatic carbocycles. The Labute approximate surface area is 136 Å². The van der Waals surface area contributed by atoms with Crippen molar-refractivity contribution in [1.82, 2.24) is 10.3 Å². The van der Waals surface area contributed by atoms with E-state index in [1.807, 2.05) is 31.4 Å². The molecule has 1 rings (SSSR count). The van der Waals surface area contributed by atoms with E-state index >= 15 is 0 Å². The van der Waals surface area contributed by atoms with Crippen LogP contribution >= 0.6 is 11.8 Å². The number of unbranched alkanes of at least 4 members (excludes halogenated alkanes) is 1. The van der Waals surface area contributed by atoms with Gasteiger partial charge >= 0.3 is 6.09 Å². The highest BCUT2D eigenvalue weighted by atomic mass is 32.2. The van der Waals surface area contributed by atoms with Gasteiger partial charge in [0.25, 0.3) is 0 Å².